The van der Waals surface area contributed by atoms with Crippen molar-refractivity contribution < 1.29 is 4.79 Å². The minimum Gasteiger partial charge on any atom is -0.272 e. The number of carbonyl (C=O) groups is 1. The van der Waals surface area contributed by atoms with E-state index in [2.05, 4.69) is 21.1 Å². The summed E-state index contributed by atoms with van der Waals surface area (Å²) >= 11 is 1.33. The van der Waals surface area contributed by atoms with Gasteiger partial charge >= 0.3 is 0 Å². The Hall–Kier alpha value is -3.77. The van der Waals surface area contributed by atoms with Crippen molar-refractivity contribution in [3.63, 3.8) is 0 Å². The number of thiophene rings is 1. The Morgan fingerprint density at radius 1 is 1.24 bits per heavy atom. The van der Waals surface area contributed by atoms with Crippen LogP contribution in [0.4, 0.5) is 5.95 Å². The van der Waals surface area contributed by atoms with E-state index in [-0.39, 0.29) is 29.7 Å². The van der Waals surface area contributed by atoms with Gasteiger partial charge in [0.25, 0.3) is 17.2 Å². The van der Waals surface area contributed by atoms with Crippen LogP contribution in [0.15, 0.2) is 46.6 Å². The van der Waals surface area contributed by atoms with Crippen LogP contribution in [-0.4, -0.2) is 25.5 Å². The monoisotopic (exact) mass is 404 g/mol. The average molecular weight is 404 g/mol. The molecule has 0 saturated carbocycles. The second-order valence-corrected chi connectivity index (χ2v) is 7.44. The molecular formula is C20H16N6O2S. The first-order chi connectivity index (χ1) is 14.0. The molecule has 0 aliphatic carbocycles. The van der Waals surface area contributed by atoms with E-state index in [9.17, 15) is 9.59 Å². The molecule has 8 nitrogen and oxygen atoms in total. The third-order valence-electron chi connectivity index (χ3n) is 4.61. The lowest BCUT2D eigenvalue weighted by Crippen LogP contribution is -2.31. The van der Waals surface area contributed by atoms with Crippen LogP contribution in [0, 0.1) is 25.2 Å². The minimum absolute atomic E-state index is 0.205. The topological polar surface area (TPSA) is 107 Å². The van der Waals surface area contributed by atoms with Crippen LogP contribution in [0.1, 0.15) is 32.1 Å². The fourth-order valence-electron chi connectivity index (χ4n) is 2.86. The SMILES string of the molecule is Cc1nc2nc(N(Cc3ccc(C#N)cc3)C(=O)c3cccs3)[nH]n2c(=O)c1C. The Kier molecular flexibility index (Phi) is 4.70. The number of hydrogen-bond donors (Lipinski definition) is 1. The Morgan fingerprint density at radius 2 is 2.00 bits per heavy atom. The van der Waals surface area contributed by atoms with Crippen molar-refractivity contribution in [1.29, 1.82) is 5.26 Å². The quantitative estimate of drug-likeness (QED) is 0.563. The molecular weight excluding hydrogens is 388 g/mol. The highest BCUT2D eigenvalue weighted by atomic mass is 32.1. The largest absolute Gasteiger partial charge is 0.277 e. The first-order valence-electron chi connectivity index (χ1n) is 8.78. The molecule has 4 rings (SSSR count). The summed E-state index contributed by atoms with van der Waals surface area (Å²) in [6.45, 7) is 3.66. The summed E-state index contributed by atoms with van der Waals surface area (Å²) < 4.78 is 1.24. The summed E-state index contributed by atoms with van der Waals surface area (Å²) in [5.41, 5.74) is 2.21. The van der Waals surface area contributed by atoms with Crippen molar-refractivity contribution in [2.24, 2.45) is 0 Å². The van der Waals surface area contributed by atoms with Crippen molar-refractivity contribution in [1.82, 2.24) is 19.6 Å². The number of H-pyrrole nitrogens is 1. The number of aromatic nitrogens is 4. The molecule has 0 radical (unpaired) electrons. The van der Waals surface area contributed by atoms with Gasteiger partial charge in [-0.25, -0.2) is 4.98 Å². The van der Waals surface area contributed by atoms with E-state index in [0.29, 0.717) is 21.7 Å². The summed E-state index contributed by atoms with van der Waals surface area (Å²) in [5, 5.41) is 13.7. The van der Waals surface area contributed by atoms with Gasteiger partial charge in [-0.3, -0.25) is 19.6 Å². The van der Waals surface area contributed by atoms with Crippen LogP contribution < -0.4 is 10.5 Å². The van der Waals surface area contributed by atoms with Gasteiger partial charge in [0.1, 0.15) is 0 Å². The Bertz CT molecular complexity index is 1300. The van der Waals surface area contributed by atoms with Gasteiger partial charge in [-0.1, -0.05) is 18.2 Å². The molecule has 4 aromatic rings. The normalized spacial score (nSPS) is 10.8. The molecule has 1 aromatic carbocycles. The summed E-state index contributed by atoms with van der Waals surface area (Å²) in [6.07, 6.45) is 0. The second kappa shape index (κ2) is 7.33. The zero-order valence-corrected chi connectivity index (χ0v) is 16.5. The van der Waals surface area contributed by atoms with Gasteiger partial charge in [-0.15, -0.1) is 11.3 Å². The highest BCUT2D eigenvalue weighted by Crippen LogP contribution is 2.20. The minimum atomic E-state index is -0.256. The molecule has 0 saturated heterocycles. The molecule has 0 aliphatic heterocycles. The third-order valence-corrected chi connectivity index (χ3v) is 5.47. The molecule has 1 amide bonds. The van der Waals surface area contributed by atoms with Gasteiger partial charge in [0.15, 0.2) is 0 Å². The van der Waals surface area contributed by atoms with Crippen LogP contribution in [0.25, 0.3) is 5.78 Å². The predicted molar refractivity (Wildman–Crippen MR) is 109 cm³/mol. The van der Waals surface area contributed by atoms with Crippen LogP contribution in [0.2, 0.25) is 0 Å². The van der Waals surface area contributed by atoms with Gasteiger partial charge in [-0.05, 0) is 43.0 Å². The molecule has 0 fully saturated rings. The first kappa shape index (κ1) is 18.6. The number of nitrogens with one attached hydrogen (secondary N) is 1. The number of amides is 1. The van der Waals surface area contributed by atoms with Crippen LogP contribution in [0.5, 0.6) is 0 Å². The molecule has 29 heavy (non-hydrogen) atoms. The lowest BCUT2D eigenvalue weighted by molar-refractivity contribution is 0.0987. The standard InChI is InChI=1S/C20H16N6O2S/c1-12-13(2)22-19-23-20(24-26(19)17(12)27)25(18(28)16-4-3-9-29-16)11-15-7-5-14(10-21)6-8-15/h3-9H,11H2,1-2H3,(H,22,23,24). The molecule has 3 aromatic heterocycles. The number of anilines is 1. The van der Waals surface area contributed by atoms with Crippen LogP contribution in [0.3, 0.4) is 0 Å². The number of hydrogen-bond acceptors (Lipinski definition) is 6. The van der Waals surface area contributed by atoms with E-state index in [1.807, 2.05) is 5.38 Å². The Balaban J connectivity index is 1.80. The first-order valence-corrected chi connectivity index (χ1v) is 9.66. The van der Waals surface area contributed by atoms with Gasteiger partial charge in [0.05, 0.1) is 23.1 Å². The third kappa shape index (κ3) is 3.41. The molecule has 144 valence electrons. The van der Waals surface area contributed by atoms with Crippen molar-refractivity contribution >= 4 is 29.0 Å². The zero-order chi connectivity index (χ0) is 20.5. The van der Waals surface area contributed by atoms with Crippen molar-refractivity contribution in [3.05, 3.63) is 79.4 Å². The van der Waals surface area contributed by atoms with Crippen LogP contribution >= 0.6 is 11.3 Å². The average Bonchev–Trinajstić information content (AvgIpc) is 3.40. The number of nitrogens with zero attached hydrogens (tertiary/aromatic N) is 5. The van der Waals surface area contributed by atoms with E-state index < -0.39 is 0 Å². The van der Waals surface area contributed by atoms with Crippen LogP contribution in [-0.2, 0) is 6.54 Å². The zero-order valence-electron chi connectivity index (χ0n) is 15.7. The van der Waals surface area contributed by atoms with Crippen molar-refractivity contribution in [3.8, 4) is 6.07 Å². The number of aryl methyl sites for hydroxylation is 1. The van der Waals surface area contributed by atoms with E-state index >= 15 is 0 Å². The molecule has 9 heteroatoms. The molecule has 0 aliphatic rings. The van der Waals surface area contributed by atoms with Crippen molar-refractivity contribution in [2.75, 3.05) is 4.90 Å². The summed E-state index contributed by atoms with van der Waals surface area (Å²) in [4.78, 5) is 36.4. The number of aromatic amines is 1. The summed E-state index contributed by atoms with van der Waals surface area (Å²) in [7, 11) is 0. The molecule has 0 unspecified atom stereocenters. The maximum Gasteiger partial charge on any atom is 0.277 e. The highest BCUT2D eigenvalue weighted by Gasteiger charge is 2.23. The van der Waals surface area contributed by atoms with E-state index in [1.54, 1.807) is 50.2 Å². The maximum atomic E-state index is 13.1. The number of nitriles is 1. The smallest absolute Gasteiger partial charge is 0.272 e. The van der Waals surface area contributed by atoms with Gasteiger partial charge in [0, 0.05) is 11.3 Å². The molecule has 0 bridgehead atoms. The number of rotatable bonds is 4. The van der Waals surface area contributed by atoms with Gasteiger partial charge in [-0.2, -0.15) is 14.8 Å². The highest BCUT2D eigenvalue weighted by molar-refractivity contribution is 7.12. The maximum absolute atomic E-state index is 13.1. The predicted octanol–water partition coefficient (Wildman–Crippen LogP) is 2.81. The lowest BCUT2D eigenvalue weighted by atomic mass is 10.1. The van der Waals surface area contributed by atoms with E-state index in [0.717, 1.165) is 5.56 Å². The van der Waals surface area contributed by atoms with E-state index in [1.165, 1.54) is 20.8 Å². The lowest BCUT2D eigenvalue weighted by Gasteiger charge is -2.19. The molecule has 0 spiro atoms. The Morgan fingerprint density at radius 3 is 2.66 bits per heavy atom. The summed E-state index contributed by atoms with van der Waals surface area (Å²) in [6, 6.07) is 12.6. The fourth-order valence-corrected chi connectivity index (χ4v) is 3.53. The molecule has 0 atom stereocenters. The number of fused-ring (bicyclic) bond motifs is 1. The van der Waals surface area contributed by atoms with Gasteiger partial charge in [0.2, 0.25) is 5.95 Å². The van der Waals surface area contributed by atoms with Crippen molar-refractivity contribution in [2.45, 2.75) is 20.4 Å². The number of carbonyl (C=O) groups excluding carboxylic acids is 1. The molecule has 1 N–H and O–H groups in total. The summed E-state index contributed by atoms with van der Waals surface area (Å²) in [5.74, 6) is 0.184. The van der Waals surface area contributed by atoms with E-state index in [4.69, 9.17) is 5.26 Å². The Labute approximate surface area is 169 Å². The molecule has 3 heterocycles. The number of benzene rings is 1. The van der Waals surface area contributed by atoms with Gasteiger partial charge < -0.3 is 0 Å². The second-order valence-electron chi connectivity index (χ2n) is 6.49. The fraction of sp³-hybridized carbons (Fsp3) is 0.150.